The first-order valence-electron chi connectivity index (χ1n) is 5.29. The lowest BCUT2D eigenvalue weighted by Gasteiger charge is -2.09. The van der Waals surface area contributed by atoms with Crippen molar-refractivity contribution in [1.29, 1.82) is 0 Å². The van der Waals surface area contributed by atoms with Gasteiger partial charge in [0.2, 0.25) is 0 Å². The summed E-state index contributed by atoms with van der Waals surface area (Å²) in [4.78, 5) is 4.12. The SMILES string of the molecule is Cc1cccc(NCc2ccc(O)cn2)c1Br. The summed E-state index contributed by atoms with van der Waals surface area (Å²) in [6.45, 7) is 2.68. The number of aromatic nitrogens is 1. The average Bonchev–Trinajstić information content (AvgIpc) is 2.33. The molecule has 1 aromatic carbocycles. The summed E-state index contributed by atoms with van der Waals surface area (Å²) in [5.74, 6) is 0.186. The van der Waals surface area contributed by atoms with E-state index in [1.54, 1.807) is 12.1 Å². The van der Waals surface area contributed by atoms with Gasteiger partial charge in [-0.1, -0.05) is 12.1 Å². The van der Waals surface area contributed by atoms with Gasteiger partial charge in [-0.3, -0.25) is 4.98 Å². The molecule has 1 heterocycles. The molecule has 0 bridgehead atoms. The molecule has 1 aromatic heterocycles. The molecule has 4 heteroatoms. The summed E-state index contributed by atoms with van der Waals surface area (Å²) in [7, 11) is 0. The van der Waals surface area contributed by atoms with Gasteiger partial charge in [-0.25, -0.2) is 0 Å². The number of aromatic hydroxyl groups is 1. The highest BCUT2D eigenvalue weighted by atomic mass is 79.9. The van der Waals surface area contributed by atoms with Crippen molar-refractivity contribution in [3.05, 3.63) is 52.3 Å². The molecule has 0 atom stereocenters. The summed E-state index contributed by atoms with van der Waals surface area (Å²) in [5, 5.41) is 12.4. The van der Waals surface area contributed by atoms with Crippen molar-refractivity contribution in [2.75, 3.05) is 5.32 Å². The Hall–Kier alpha value is -1.55. The topological polar surface area (TPSA) is 45.1 Å². The summed E-state index contributed by atoms with van der Waals surface area (Å²) in [5.41, 5.74) is 3.12. The Balaban J connectivity index is 2.07. The number of rotatable bonds is 3. The van der Waals surface area contributed by atoms with E-state index in [4.69, 9.17) is 5.11 Å². The third-order valence-electron chi connectivity index (χ3n) is 2.46. The lowest BCUT2D eigenvalue weighted by molar-refractivity contribution is 0.472. The van der Waals surface area contributed by atoms with Crippen molar-refractivity contribution in [1.82, 2.24) is 4.98 Å². The lowest BCUT2D eigenvalue weighted by Crippen LogP contribution is -2.02. The summed E-state index contributed by atoms with van der Waals surface area (Å²) < 4.78 is 1.07. The largest absolute Gasteiger partial charge is 0.506 e. The van der Waals surface area contributed by atoms with Crippen molar-refractivity contribution in [2.24, 2.45) is 0 Å². The molecule has 17 heavy (non-hydrogen) atoms. The monoisotopic (exact) mass is 292 g/mol. The van der Waals surface area contributed by atoms with Gasteiger partial charge in [-0.15, -0.1) is 0 Å². The van der Waals surface area contributed by atoms with Crippen LogP contribution in [0.5, 0.6) is 5.75 Å². The molecular weight excluding hydrogens is 280 g/mol. The second kappa shape index (κ2) is 5.19. The van der Waals surface area contributed by atoms with Gasteiger partial charge in [0.25, 0.3) is 0 Å². The minimum Gasteiger partial charge on any atom is -0.506 e. The molecule has 2 rings (SSSR count). The van der Waals surface area contributed by atoms with Crippen LogP contribution in [-0.2, 0) is 6.54 Å². The summed E-state index contributed by atoms with van der Waals surface area (Å²) in [6.07, 6.45) is 1.45. The van der Waals surface area contributed by atoms with E-state index in [1.807, 2.05) is 25.1 Å². The van der Waals surface area contributed by atoms with E-state index >= 15 is 0 Å². The number of anilines is 1. The second-order valence-corrected chi connectivity index (χ2v) is 4.59. The van der Waals surface area contributed by atoms with Gasteiger partial charge < -0.3 is 10.4 Å². The van der Waals surface area contributed by atoms with Crippen LogP contribution in [-0.4, -0.2) is 10.1 Å². The van der Waals surface area contributed by atoms with E-state index in [9.17, 15) is 0 Å². The van der Waals surface area contributed by atoms with Gasteiger partial charge in [0.05, 0.1) is 18.4 Å². The molecule has 0 saturated heterocycles. The zero-order chi connectivity index (χ0) is 12.3. The molecule has 0 aliphatic heterocycles. The number of halogens is 1. The van der Waals surface area contributed by atoms with E-state index in [-0.39, 0.29) is 5.75 Å². The van der Waals surface area contributed by atoms with E-state index in [0.29, 0.717) is 6.54 Å². The minimum absolute atomic E-state index is 0.186. The zero-order valence-electron chi connectivity index (χ0n) is 9.44. The highest BCUT2D eigenvalue weighted by molar-refractivity contribution is 9.10. The van der Waals surface area contributed by atoms with Gasteiger partial charge in [0, 0.05) is 10.2 Å². The molecule has 88 valence electrons. The number of hydrogen-bond donors (Lipinski definition) is 2. The van der Waals surface area contributed by atoms with Crippen molar-refractivity contribution in [2.45, 2.75) is 13.5 Å². The normalized spacial score (nSPS) is 10.2. The maximum absolute atomic E-state index is 9.13. The fourth-order valence-corrected chi connectivity index (χ4v) is 1.90. The molecule has 0 saturated carbocycles. The number of hydrogen-bond acceptors (Lipinski definition) is 3. The van der Waals surface area contributed by atoms with Crippen molar-refractivity contribution in [3.63, 3.8) is 0 Å². The Bertz CT molecular complexity index is 511. The van der Waals surface area contributed by atoms with Crippen LogP contribution < -0.4 is 5.32 Å². The number of aryl methyl sites for hydroxylation is 1. The number of benzene rings is 1. The second-order valence-electron chi connectivity index (χ2n) is 3.80. The van der Waals surface area contributed by atoms with Crippen LogP contribution in [0.2, 0.25) is 0 Å². The van der Waals surface area contributed by atoms with Gasteiger partial charge in [-0.2, -0.15) is 0 Å². The predicted molar refractivity (Wildman–Crippen MR) is 72.1 cm³/mol. The van der Waals surface area contributed by atoms with Crippen LogP contribution in [0.15, 0.2) is 41.0 Å². The van der Waals surface area contributed by atoms with Crippen LogP contribution in [0.1, 0.15) is 11.3 Å². The molecule has 0 radical (unpaired) electrons. The lowest BCUT2D eigenvalue weighted by atomic mass is 10.2. The van der Waals surface area contributed by atoms with Crippen LogP contribution >= 0.6 is 15.9 Å². The first-order chi connectivity index (χ1) is 8.16. The fraction of sp³-hybridized carbons (Fsp3) is 0.154. The minimum atomic E-state index is 0.186. The van der Waals surface area contributed by atoms with E-state index in [2.05, 4.69) is 26.2 Å². The van der Waals surface area contributed by atoms with Crippen molar-refractivity contribution < 1.29 is 5.11 Å². The van der Waals surface area contributed by atoms with E-state index in [1.165, 1.54) is 11.8 Å². The van der Waals surface area contributed by atoms with Crippen molar-refractivity contribution >= 4 is 21.6 Å². The van der Waals surface area contributed by atoms with Crippen molar-refractivity contribution in [3.8, 4) is 5.75 Å². The first-order valence-corrected chi connectivity index (χ1v) is 6.09. The highest BCUT2D eigenvalue weighted by Crippen LogP contribution is 2.26. The standard InChI is InChI=1S/C13H13BrN2O/c1-9-3-2-4-12(13(9)14)16-7-10-5-6-11(17)8-15-10/h2-6,8,16-17H,7H2,1H3. The smallest absolute Gasteiger partial charge is 0.133 e. The fourth-order valence-electron chi connectivity index (χ4n) is 1.49. The van der Waals surface area contributed by atoms with Crippen LogP contribution in [0.4, 0.5) is 5.69 Å². The van der Waals surface area contributed by atoms with Crippen LogP contribution in [0.25, 0.3) is 0 Å². The van der Waals surface area contributed by atoms with Gasteiger partial charge in [-0.05, 0) is 46.6 Å². The number of nitrogens with zero attached hydrogens (tertiary/aromatic N) is 1. The van der Waals surface area contributed by atoms with Gasteiger partial charge in [0.1, 0.15) is 5.75 Å². The Morgan fingerprint density at radius 2 is 2.12 bits per heavy atom. The third-order valence-corrected chi connectivity index (χ3v) is 3.51. The average molecular weight is 293 g/mol. The molecule has 0 unspecified atom stereocenters. The number of nitrogens with one attached hydrogen (secondary N) is 1. The highest BCUT2D eigenvalue weighted by Gasteiger charge is 2.02. The molecule has 0 aliphatic carbocycles. The quantitative estimate of drug-likeness (QED) is 0.910. The summed E-state index contributed by atoms with van der Waals surface area (Å²) in [6, 6.07) is 9.50. The third kappa shape index (κ3) is 2.97. The van der Waals surface area contributed by atoms with E-state index < -0.39 is 0 Å². The molecular formula is C13H13BrN2O. The maximum Gasteiger partial charge on any atom is 0.133 e. The molecule has 0 aliphatic rings. The number of pyridine rings is 1. The molecule has 2 aromatic rings. The van der Waals surface area contributed by atoms with Gasteiger partial charge >= 0.3 is 0 Å². The Morgan fingerprint density at radius 1 is 1.29 bits per heavy atom. The zero-order valence-corrected chi connectivity index (χ0v) is 11.0. The Labute approximate surface area is 109 Å². The van der Waals surface area contributed by atoms with Crippen LogP contribution in [0, 0.1) is 6.92 Å². The van der Waals surface area contributed by atoms with E-state index in [0.717, 1.165) is 15.9 Å². The molecule has 0 amide bonds. The molecule has 2 N–H and O–H groups in total. The first kappa shape index (κ1) is 11.9. The molecule has 0 spiro atoms. The Morgan fingerprint density at radius 3 is 2.82 bits per heavy atom. The Kier molecular flexibility index (Phi) is 3.64. The predicted octanol–water partition coefficient (Wildman–Crippen LogP) is 3.47. The molecule has 0 fully saturated rings. The van der Waals surface area contributed by atoms with Crippen LogP contribution in [0.3, 0.4) is 0 Å². The summed E-state index contributed by atoms with van der Waals surface area (Å²) >= 11 is 3.54. The molecule has 3 nitrogen and oxygen atoms in total. The van der Waals surface area contributed by atoms with Gasteiger partial charge in [0.15, 0.2) is 0 Å². The maximum atomic E-state index is 9.13.